The smallest absolute Gasteiger partial charge is 0.330 e. The molecule has 0 radical (unpaired) electrons. The summed E-state index contributed by atoms with van der Waals surface area (Å²) in [4.78, 5) is 12.2. The van der Waals surface area contributed by atoms with Crippen molar-refractivity contribution in [3.05, 3.63) is 89.6 Å². The van der Waals surface area contributed by atoms with E-state index in [0.717, 1.165) is 51.8 Å². The summed E-state index contributed by atoms with van der Waals surface area (Å²) >= 11 is 0. The summed E-state index contributed by atoms with van der Waals surface area (Å²) in [5, 5.41) is 0.751. The molecule has 0 aliphatic heterocycles. The van der Waals surface area contributed by atoms with Crippen LogP contribution in [0.2, 0.25) is 0 Å². The van der Waals surface area contributed by atoms with Crippen molar-refractivity contribution in [1.29, 1.82) is 0 Å². The normalized spacial score (nSPS) is 12.4. The molecular weight excluding hydrogens is 546 g/mol. The molecule has 0 aliphatic carbocycles. The Morgan fingerprint density at radius 2 is 1.67 bits per heavy atom. The second kappa shape index (κ2) is 13.0. The van der Waals surface area contributed by atoms with Gasteiger partial charge < -0.3 is 9.47 Å². The molecule has 0 fully saturated rings. The molecular formula is C35H41NO5S. The molecule has 1 aromatic heterocycles. The number of hydrogen-bond donors (Lipinski definition) is 0. The third-order valence-corrected chi connectivity index (χ3v) is 9.21. The lowest BCUT2D eigenvalue weighted by Crippen LogP contribution is -2.11. The van der Waals surface area contributed by atoms with Crippen LogP contribution in [-0.2, 0) is 19.6 Å². The van der Waals surface area contributed by atoms with E-state index in [1.54, 1.807) is 42.6 Å². The second-order valence-electron chi connectivity index (χ2n) is 11.2. The number of carbonyl (C=O) groups excluding carboxylic acids is 1. The molecule has 7 heteroatoms. The predicted molar refractivity (Wildman–Crippen MR) is 171 cm³/mol. The molecule has 222 valence electrons. The summed E-state index contributed by atoms with van der Waals surface area (Å²) in [5.41, 5.74) is 5.92. The lowest BCUT2D eigenvalue weighted by Gasteiger charge is -2.21. The van der Waals surface area contributed by atoms with Gasteiger partial charge in [0.25, 0.3) is 10.0 Å². The van der Waals surface area contributed by atoms with Gasteiger partial charge >= 0.3 is 5.97 Å². The summed E-state index contributed by atoms with van der Waals surface area (Å²) < 4.78 is 40.7. The molecule has 0 bridgehead atoms. The fraction of sp³-hybridized carbons (Fsp3) is 0.343. The van der Waals surface area contributed by atoms with E-state index in [-0.39, 0.29) is 16.7 Å². The molecule has 4 aromatic rings. The van der Waals surface area contributed by atoms with Crippen molar-refractivity contribution < 1.29 is 22.7 Å². The van der Waals surface area contributed by atoms with Crippen LogP contribution < -0.4 is 4.74 Å². The number of rotatable bonds is 11. The quantitative estimate of drug-likeness (QED) is 0.0998. The fourth-order valence-electron chi connectivity index (χ4n) is 5.00. The highest BCUT2D eigenvalue weighted by atomic mass is 32.2. The van der Waals surface area contributed by atoms with Crippen molar-refractivity contribution in [3.8, 4) is 16.9 Å². The molecule has 0 spiro atoms. The van der Waals surface area contributed by atoms with E-state index >= 15 is 0 Å². The minimum absolute atomic E-state index is 0.196. The van der Waals surface area contributed by atoms with Gasteiger partial charge in [-0.3, -0.25) is 0 Å². The van der Waals surface area contributed by atoms with Crippen LogP contribution in [-0.4, -0.2) is 32.1 Å². The summed E-state index contributed by atoms with van der Waals surface area (Å²) in [6.07, 6.45) is 5.06. The van der Waals surface area contributed by atoms with E-state index in [2.05, 4.69) is 46.8 Å². The molecule has 0 saturated heterocycles. The Kier molecular flexibility index (Phi) is 9.62. The highest BCUT2D eigenvalue weighted by molar-refractivity contribution is 7.90. The highest BCUT2D eigenvalue weighted by Gasteiger charge is 2.25. The molecule has 0 saturated carbocycles. The van der Waals surface area contributed by atoms with Gasteiger partial charge in [0, 0.05) is 28.8 Å². The van der Waals surface area contributed by atoms with E-state index in [1.165, 1.54) is 17.2 Å². The topological polar surface area (TPSA) is 74.6 Å². The summed E-state index contributed by atoms with van der Waals surface area (Å²) in [7, 11) is -2.57. The number of aromatic nitrogens is 1. The first kappa shape index (κ1) is 31.1. The zero-order valence-electron chi connectivity index (χ0n) is 25.6. The Morgan fingerprint density at radius 3 is 2.29 bits per heavy atom. The molecule has 4 rings (SSSR count). The van der Waals surface area contributed by atoms with Crippen molar-refractivity contribution in [1.82, 2.24) is 3.97 Å². The highest BCUT2D eigenvalue weighted by Crippen LogP contribution is 2.44. The van der Waals surface area contributed by atoms with Crippen LogP contribution in [0.3, 0.4) is 0 Å². The number of methoxy groups -OCH3 is 1. The number of unbranched alkanes of at least 4 members (excludes halogenated alkanes) is 1. The average molecular weight is 588 g/mol. The van der Waals surface area contributed by atoms with E-state index < -0.39 is 16.0 Å². The Bertz CT molecular complexity index is 1710. The van der Waals surface area contributed by atoms with Crippen molar-refractivity contribution in [2.75, 3.05) is 13.7 Å². The number of hydrogen-bond acceptors (Lipinski definition) is 5. The Labute approximate surface area is 250 Å². The van der Waals surface area contributed by atoms with Crippen molar-refractivity contribution >= 4 is 32.5 Å². The third-order valence-electron chi connectivity index (χ3n) is 7.52. The van der Waals surface area contributed by atoms with Crippen molar-refractivity contribution in [2.45, 2.75) is 71.1 Å². The largest absolute Gasteiger partial charge is 0.493 e. The van der Waals surface area contributed by atoms with Crippen LogP contribution in [0, 0.1) is 0 Å². The van der Waals surface area contributed by atoms with Crippen molar-refractivity contribution in [3.63, 3.8) is 0 Å². The molecule has 42 heavy (non-hydrogen) atoms. The first-order chi connectivity index (χ1) is 20.0. The lowest BCUT2D eigenvalue weighted by atomic mass is 9.89. The molecule has 0 unspecified atom stereocenters. The SMILES string of the molecule is CCCCOc1c(-c2cn(S(=O)(=O)c3ccccc3)c3ccc(/C(C)=C/C(=O)OC)cc23)cc(C(C)C)cc1C(C)C. The van der Waals surface area contributed by atoms with Crippen molar-refractivity contribution in [2.24, 2.45) is 0 Å². The first-order valence-electron chi connectivity index (χ1n) is 14.5. The second-order valence-corrected chi connectivity index (χ2v) is 13.1. The lowest BCUT2D eigenvalue weighted by molar-refractivity contribution is -0.134. The van der Waals surface area contributed by atoms with Gasteiger partial charge in [0.05, 0.1) is 24.1 Å². The van der Waals surface area contributed by atoms with Crippen LogP contribution in [0.1, 0.15) is 82.9 Å². The van der Waals surface area contributed by atoms with E-state index in [4.69, 9.17) is 9.47 Å². The number of benzene rings is 3. The average Bonchev–Trinajstić information content (AvgIpc) is 3.37. The summed E-state index contributed by atoms with van der Waals surface area (Å²) in [5.74, 6) is 0.788. The number of fused-ring (bicyclic) bond motifs is 1. The molecule has 6 nitrogen and oxygen atoms in total. The summed E-state index contributed by atoms with van der Waals surface area (Å²) in [6, 6.07) is 18.4. The molecule has 1 heterocycles. The number of carbonyl (C=O) groups is 1. The van der Waals surface area contributed by atoms with E-state index in [9.17, 15) is 13.2 Å². The molecule has 3 aromatic carbocycles. The Balaban J connectivity index is 2.10. The monoisotopic (exact) mass is 587 g/mol. The Morgan fingerprint density at radius 1 is 0.952 bits per heavy atom. The minimum atomic E-state index is -3.91. The molecule has 0 atom stereocenters. The van der Waals surface area contributed by atoms with Crippen LogP contribution in [0.5, 0.6) is 5.75 Å². The van der Waals surface area contributed by atoms with E-state index in [1.807, 2.05) is 19.1 Å². The van der Waals surface area contributed by atoms with Crippen LogP contribution >= 0.6 is 0 Å². The van der Waals surface area contributed by atoms with E-state index in [0.29, 0.717) is 17.7 Å². The summed E-state index contributed by atoms with van der Waals surface area (Å²) in [6.45, 7) is 13.1. The standard InChI is InChI=1S/C35H41NO5S/c1-8-9-17-41-35-29(24(4)5)20-27(23(2)3)21-31(35)32-22-36(42(38,39)28-13-11-10-12-14-28)33-16-15-26(19-30(32)33)25(6)18-34(37)40-7/h10-16,18-24H,8-9,17H2,1-7H3/b25-18+. The van der Waals surface area contributed by atoms with Gasteiger partial charge in [-0.25, -0.2) is 17.2 Å². The van der Waals surface area contributed by atoms with Gasteiger partial charge in [-0.1, -0.05) is 71.4 Å². The number of ether oxygens (including phenoxy) is 2. The number of esters is 1. The molecule has 0 amide bonds. The van der Waals surface area contributed by atoms with Gasteiger partial charge in [0.2, 0.25) is 0 Å². The number of nitrogens with zero attached hydrogens (tertiary/aromatic N) is 1. The van der Waals surface area contributed by atoms with Crippen LogP contribution in [0.4, 0.5) is 0 Å². The maximum Gasteiger partial charge on any atom is 0.330 e. The zero-order chi connectivity index (χ0) is 30.6. The van der Waals surface area contributed by atoms with Crippen LogP contribution in [0.25, 0.3) is 27.6 Å². The predicted octanol–water partition coefficient (Wildman–Crippen LogP) is 8.55. The van der Waals surface area contributed by atoms with Gasteiger partial charge in [-0.2, -0.15) is 0 Å². The maximum atomic E-state index is 14.0. The molecule has 0 aliphatic rings. The fourth-order valence-corrected chi connectivity index (χ4v) is 6.39. The maximum absolute atomic E-state index is 14.0. The van der Waals surface area contributed by atoms with Gasteiger partial charge in [0.15, 0.2) is 0 Å². The molecule has 0 N–H and O–H groups in total. The minimum Gasteiger partial charge on any atom is -0.493 e. The Hall–Kier alpha value is -3.84. The zero-order valence-corrected chi connectivity index (χ0v) is 26.4. The number of allylic oxidation sites excluding steroid dienone is 1. The van der Waals surface area contributed by atoms with Gasteiger partial charge in [0.1, 0.15) is 5.75 Å². The van der Waals surface area contributed by atoms with Gasteiger partial charge in [-0.05, 0) is 77.8 Å². The third kappa shape index (κ3) is 6.31. The van der Waals surface area contributed by atoms with Gasteiger partial charge in [-0.15, -0.1) is 0 Å². The van der Waals surface area contributed by atoms with Crippen LogP contribution in [0.15, 0.2) is 77.8 Å². The first-order valence-corrected chi connectivity index (χ1v) is 16.0.